The predicted molar refractivity (Wildman–Crippen MR) is 106 cm³/mol. The number of carbonyl (C=O) groups excluding carboxylic acids is 1. The molecule has 1 amide bonds. The molecular formula is C21H19FN2O3S. The first kappa shape index (κ1) is 19.6. The first-order chi connectivity index (χ1) is 13.4. The second-order valence-corrected chi connectivity index (χ2v) is 7.91. The molecule has 0 heterocycles. The van der Waals surface area contributed by atoms with Crippen LogP contribution in [0.5, 0.6) is 0 Å². The SMILES string of the molecule is Cc1cc(S(=O)(=O)Nc2ccccc2C(=O)NCc2ccccc2)ccc1F. The molecule has 0 bridgehead atoms. The van der Waals surface area contributed by atoms with Gasteiger partial charge in [-0.15, -0.1) is 0 Å². The zero-order valence-corrected chi connectivity index (χ0v) is 16.0. The van der Waals surface area contributed by atoms with Gasteiger partial charge in [-0.1, -0.05) is 42.5 Å². The highest BCUT2D eigenvalue weighted by Gasteiger charge is 2.19. The lowest BCUT2D eigenvalue weighted by molar-refractivity contribution is 0.0952. The third-order valence-electron chi connectivity index (χ3n) is 4.15. The zero-order chi connectivity index (χ0) is 20.1. The highest BCUT2D eigenvalue weighted by Crippen LogP contribution is 2.21. The van der Waals surface area contributed by atoms with Gasteiger partial charge in [-0.3, -0.25) is 9.52 Å². The number of para-hydroxylation sites is 1. The van der Waals surface area contributed by atoms with Crippen LogP contribution < -0.4 is 10.0 Å². The van der Waals surface area contributed by atoms with Crippen molar-refractivity contribution in [3.8, 4) is 0 Å². The lowest BCUT2D eigenvalue weighted by atomic mass is 10.1. The first-order valence-electron chi connectivity index (χ1n) is 8.57. The number of anilines is 1. The average molecular weight is 398 g/mol. The van der Waals surface area contributed by atoms with Crippen LogP contribution in [0.4, 0.5) is 10.1 Å². The fourth-order valence-electron chi connectivity index (χ4n) is 2.63. The number of aryl methyl sites for hydroxylation is 1. The maximum atomic E-state index is 13.4. The molecule has 144 valence electrons. The molecule has 0 aliphatic carbocycles. The van der Waals surface area contributed by atoms with E-state index in [1.807, 2.05) is 30.3 Å². The monoisotopic (exact) mass is 398 g/mol. The van der Waals surface area contributed by atoms with Crippen LogP contribution in [0.25, 0.3) is 0 Å². The molecule has 3 aromatic carbocycles. The average Bonchev–Trinajstić information content (AvgIpc) is 2.69. The van der Waals surface area contributed by atoms with Crippen molar-refractivity contribution < 1.29 is 17.6 Å². The minimum absolute atomic E-state index is 0.0779. The molecule has 0 saturated carbocycles. The molecular weight excluding hydrogens is 379 g/mol. The summed E-state index contributed by atoms with van der Waals surface area (Å²) in [5.41, 5.74) is 1.49. The van der Waals surface area contributed by atoms with E-state index in [4.69, 9.17) is 0 Å². The maximum absolute atomic E-state index is 13.4. The first-order valence-corrected chi connectivity index (χ1v) is 10.1. The van der Waals surface area contributed by atoms with Gasteiger partial charge in [-0.05, 0) is 48.4 Å². The molecule has 0 unspecified atom stereocenters. The molecule has 5 nitrogen and oxygen atoms in total. The Morgan fingerprint density at radius 2 is 1.64 bits per heavy atom. The molecule has 3 aromatic rings. The summed E-state index contributed by atoms with van der Waals surface area (Å²) in [6.45, 7) is 1.80. The number of rotatable bonds is 6. The van der Waals surface area contributed by atoms with Crippen LogP contribution in [0.3, 0.4) is 0 Å². The summed E-state index contributed by atoms with van der Waals surface area (Å²) in [6.07, 6.45) is 0. The summed E-state index contributed by atoms with van der Waals surface area (Å²) < 4.78 is 41.2. The van der Waals surface area contributed by atoms with Gasteiger partial charge >= 0.3 is 0 Å². The Morgan fingerprint density at radius 1 is 0.964 bits per heavy atom. The Hall–Kier alpha value is -3.19. The normalized spacial score (nSPS) is 11.1. The Labute approximate surface area is 163 Å². The standard InChI is InChI=1S/C21H19FN2O3S/c1-15-13-17(11-12-19(15)22)28(26,27)24-20-10-6-5-9-18(20)21(25)23-14-16-7-3-2-4-8-16/h2-13,24H,14H2,1H3,(H,23,25). The van der Waals surface area contributed by atoms with Gasteiger partial charge in [0.2, 0.25) is 0 Å². The lowest BCUT2D eigenvalue weighted by Crippen LogP contribution is -2.25. The van der Waals surface area contributed by atoms with Crippen molar-refractivity contribution in [1.82, 2.24) is 5.32 Å². The zero-order valence-electron chi connectivity index (χ0n) is 15.1. The summed E-state index contributed by atoms with van der Waals surface area (Å²) in [5.74, 6) is -0.892. The van der Waals surface area contributed by atoms with Gasteiger partial charge in [-0.25, -0.2) is 12.8 Å². The van der Waals surface area contributed by atoms with E-state index in [-0.39, 0.29) is 21.7 Å². The van der Waals surface area contributed by atoms with E-state index in [9.17, 15) is 17.6 Å². The van der Waals surface area contributed by atoms with Crippen LogP contribution in [-0.4, -0.2) is 14.3 Å². The molecule has 28 heavy (non-hydrogen) atoms. The van der Waals surface area contributed by atoms with Crippen LogP contribution in [0, 0.1) is 12.7 Å². The second-order valence-electron chi connectivity index (χ2n) is 6.23. The number of nitrogens with one attached hydrogen (secondary N) is 2. The molecule has 2 N–H and O–H groups in total. The molecule has 0 aliphatic rings. The molecule has 0 atom stereocenters. The molecule has 3 rings (SSSR count). The number of sulfonamides is 1. The van der Waals surface area contributed by atoms with Gasteiger partial charge in [0.15, 0.2) is 0 Å². The predicted octanol–water partition coefficient (Wildman–Crippen LogP) is 3.86. The largest absolute Gasteiger partial charge is 0.348 e. The number of hydrogen-bond donors (Lipinski definition) is 2. The fraction of sp³-hybridized carbons (Fsp3) is 0.0952. The maximum Gasteiger partial charge on any atom is 0.261 e. The van der Waals surface area contributed by atoms with E-state index in [0.29, 0.717) is 6.54 Å². The number of carbonyl (C=O) groups is 1. The van der Waals surface area contributed by atoms with Crippen molar-refractivity contribution in [2.75, 3.05) is 4.72 Å². The van der Waals surface area contributed by atoms with Crippen LogP contribution in [0.15, 0.2) is 77.7 Å². The van der Waals surface area contributed by atoms with E-state index in [1.54, 1.807) is 12.1 Å². The van der Waals surface area contributed by atoms with Crippen molar-refractivity contribution in [1.29, 1.82) is 0 Å². The summed E-state index contributed by atoms with van der Waals surface area (Å²) in [4.78, 5) is 12.5. The van der Waals surface area contributed by atoms with Gasteiger partial charge in [-0.2, -0.15) is 0 Å². The molecule has 0 radical (unpaired) electrons. The van der Waals surface area contributed by atoms with Crippen molar-refractivity contribution in [2.24, 2.45) is 0 Å². The van der Waals surface area contributed by atoms with E-state index in [0.717, 1.165) is 11.6 Å². The highest BCUT2D eigenvalue weighted by atomic mass is 32.2. The summed E-state index contributed by atoms with van der Waals surface area (Å²) in [7, 11) is -3.97. The minimum atomic E-state index is -3.97. The molecule has 0 saturated heterocycles. The Kier molecular flexibility index (Phi) is 5.75. The summed E-state index contributed by atoms with van der Waals surface area (Å²) in [5, 5.41) is 2.77. The van der Waals surface area contributed by atoms with Crippen LogP contribution in [0.1, 0.15) is 21.5 Å². The van der Waals surface area contributed by atoms with E-state index in [2.05, 4.69) is 10.0 Å². The van der Waals surface area contributed by atoms with Crippen molar-refractivity contribution in [2.45, 2.75) is 18.4 Å². The van der Waals surface area contributed by atoms with E-state index >= 15 is 0 Å². The molecule has 7 heteroatoms. The summed E-state index contributed by atoms with van der Waals surface area (Å²) >= 11 is 0. The molecule has 0 aromatic heterocycles. The fourth-order valence-corrected chi connectivity index (χ4v) is 3.80. The van der Waals surface area contributed by atoms with Gasteiger partial charge in [0.25, 0.3) is 15.9 Å². The molecule has 0 aliphatic heterocycles. The van der Waals surface area contributed by atoms with Crippen LogP contribution >= 0.6 is 0 Å². The number of hydrogen-bond acceptors (Lipinski definition) is 3. The smallest absolute Gasteiger partial charge is 0.261 e. The van der Waals surface area contributed by atoms with Crippen LogP contribution in [-0.2, 0) is 16.6 Å². The van der Waals surface area contributed by atoms with Gasteiger partial charge in [0, 0.05) is 6.54 Å². The number of amides is 1. The quantitative estimate of drug-likeness (QED) is 0.662. The van der Waals surface area contributed by atoms with E-state index in [1.165, 1.54) is 31.2 Å². The Bertz CT molecular complexity index is 1100. The van der Waals surface area contributed by atoms with Crippen molar-refractivity contribution >= 4 is 21.6 Å². The highest BCUT2D eigenvalue weighted by molar-refractivity contribution is 7.92. The third-order valence-corrected chi connectivity index (χ3v) is 5.51. The minimum Gasteiger partial charge on any atom is -0.348 e. The van der Waals surface area contributed by atoms with Gasteiger partial charge in [0.1, 0.15) is 5.82 Å². The molecule has 0 fully saturated rings. The third kappa shape index (κ3) is 4.55. The number of benzene rings is 3. The number of halogens is 1. The van der Waals surface area contributed by atoms with Gasteiger partial charge < -0.3 is 5.32 Å². The Balaban J connectivity index is 1.81. The van der Waals surface area contributed by atoms with Crippen LogP contribution in [0.2, 0.25) is 0 Å². The Morgan fingerprint density at radius 3 is 2.36 bits per heavy atom. The molecule has 0 spiro atoms. The lowest BCUT2D eigenvalue weighted by Gasteiger charge is -2.13. The van der Waals surface area contributed by atoms with Crippen molar-refractivity contribution in [3.05, 3.63) is 95.3 Å². The second kappa shape index (κ2) is 8.22. The van der Waals surface area contributed by atoms with E-state index < -0.39 is 21.7 Å². The summed E-state index contributed by atoms with van der Waals surface area (Å²) in [6, 6.07) is 19.2. The van der Waals surface area contributed by atoms with Gasteiger partial charge in [0.05, 0.1) is 16.1 Å². The van der Waals surface area contributed by atoms with Crippen molar-refractivity contribution in [3.63, 3.8) is 0 Å². The topological polar surface area (TPSA) is 75.3 Å².